The highest BCUT2D eigenvalue weighted by Gasteiger charge is 2.27. The van der Waals surface area contributed by atoms with E-state index in [0.717, 1.165) is 21.6 Å². The summed E-state index contributed by atoms with van der Waals surface area (Å²) in [5, 5.41) is 17.7. The number of nitrogens with zero attached hydrogens (tertiary/aromatic N) is 1. The van der Waals surface area contributed by atoms with E-state index < -0.39 is 17.8 Å². The van der Waals surface area contributed by atoms with E-state index in [1.54, 1.807) is 35.6 Å². The van der Waals surface area contributed by atoms with Gasteiger partial charge in [-0.3, -0.25) is 9.59 Å². The van der Waals surface area contributed by atoms with Gasteiger partial charge in [-0.15, -0.1) is 11.3 Å². The average molecular weight is 542 g/mol. The van der Waals surface area contributed by atoms with E-state index in [9.17, 15) is 19.5 Å². The van der Waals surface area contributed by atoms with Crippen molar-refractivity contribution in [2.75, 3.05) is 11.9 Å². The summed E-state index contributed by atoms with van der Waals surface area (Å²) in [4.78, 5) is 43.8. The van der Waals surface area contributed by atoms with Gasteiger partial charge in [-0.2, -0.15) is 0 Å². The topological polar surface area (TPSA) is 118 Å². The van der Waals surface area contributed by atoms with Crippen LogP contribution in [0.5, 0.6) is 5.75 Å². The molecule has 2 aromatic heterocycles. The smallest absolute Gasteiger partial charge is 0.355 e. The van der Waals surface area contributed by atoms with Gasteiger partial charge in [0.1, 0.15) is 18.1 Å². The number of aromatic nitrogens is 1. The monoisotopic (exact) mass is 541 g/mol. The summed E-state index contributed by atoms with van der Waals surface area (Å²) >= 11 is 1.55. The lowest BCUT2D eigenvalue weighted by Gasteiger charge is -2.21. The zero-order valence-electron chi connectivity index (χ0n) is 21.7. The number of anilines is 1. The molecule has 1 aliphatic rings. The Morgan fingerprint density at radius 2 is 1.77 bits per heavy atom. The number of rotatable bonds is 7. The Morgan fingerprint density at radius 1 is 1.00 bits per heavy atom. The van der Waals surface area contributed by atoms with Gasteiger partial charge in [-0.25, -0.2) is 9.78 Å². The van der Waals surface area contributed by atoms with Crippen molar-refractivity contribution in [3.63, 3.8) is 0 Å². The second-order valence-electron chi connectivity index (χ2n) is 9.78. The third-order valence-corrected chi connectivity index (χ3v) is 7.33. The summed E-state index contributed by atoms with van der Waals surface area (Å²) in [7, 11) is 0. The zero-order chi connectivity index (χ0) is 27.7. The second kappa shape index (κ2) is 10.7. The standard InChI is InChI=1S/C30H27N3O5S/c1-16(2)14-31-29(35)24-9-8-20(26(33-24)30(36)37)21-13-25-23(27-18(15-38-25)10-11-39-27)12-22(21)28(34)32-19-6-4-17(3)5-7-19/h4-13,16H,14-15H2,1-3H3,(H,31,35)(H,32,34)(H,36,37). The number of carbonyl (C=O) groups excluding carboxylic acids is 2. The van der Waals surface area contributed by atoms with Gasteiger partial charge in [-0.05, 0) is 60.7 Å². The first-order chi connectivity index (χ1) is 18.7. The number of ether oxygens (including phenoxy) is 1. The molecule has 0 fully saturated rings. The van der Waals surface area contributed by atoms with Crippen molar-refractivity contribution in [2.24, 2.45) is 5.92 Å². The van der Waals surface area contributed by atoms with Crippen LogP contribution in [-0.4, -0.2) is 34.4 Å². The van der Waals surface area contributed by atoms with Crippen LogP contribution in [-0.2, 0) is 6.61 Å². The molecule has 0 unspecified atom stereocenters. The largest absolute Gasteiger partial charge is 0.488 e. The molecule has 0 saturated carbocycles. The maximum atomic E-state index is 13.7. The average Bonchev–Trinajstić information content (AvgIpc) is 3.41. The number of carbonyl (C=O) groups is 3. The molecular weight excluding hydrogens is 514 g/mol. The highest BCUT2D eigenvalue weighted by molar-refractivity contribution is 7.13. The molecule has 0 atom stereocenters. The van der Waals surface area contributed by atoms with Crippen LogP contribution >= 0.6 is 11.3 Å². The van der Waals surface area contributed by atoms with Crippen LogP contribution in [0, 0.1) is 12.8 Å². The fourth-order valence-electron chi connectivity index (χ4n) is 4.32. The maximum Gasteiger partial charge on any atom is 0.355 e. The first-order valence-corrected chi connectivity index (χ1v) is 13.4. The van der Waals surface area contributed by atoms with Crippen molar-refractivity contribution >= 4 is 34.8 Å². The number of thiophene rings is 1. The number of pyridine rings is 1. The number of carboxylic acid groups (broad SMARTS) is 1. The molecule has 0 saturated heterocycles. The van der Waals surface area contributed by atoms with Crippen LogP contribution in [0.15, 0.2) is 60.0 Å². The van der Waals surface area contributed by atoms with Gasteiger partial charge in [-0.1, -0.05) is 31.5 Å². The van der Waals surface area contributed by atoms with Gasteiger partial charge >= 0.3 is 5.97 Å². The van der Waals surface area contributed by atoms with E-state index >= 15 is 0 Å². The molecule has 2 amide bonds. The Kier molecular flexibility index (Phi) is 7.17. The van der Waals surface area contributed by atoms with Crippen molar-refractivity contribution < 1.29 is 24.2 Å². The maximum absolute atomic E-state index is 13.7. The van der Waals surface area contributed by atoms with Crippen LogP contribution < -0.4 is 15.4 Å². The first-order valence-electron chi connectivity index (χ1n) is 12.5. The second-order valence-corrected chi connectivity index (χ2v) is 10.7. The van der Waals surface area contributed by atoms with Gasteiger partial charge in [0.25, 0.3) is 11.8 Å². The Balaban J connectivity index is 1.63. The molecule has 0 spiro atoms. The van der Waals surface area contributed by atoms with E-state index in [-0.39, 0.29) is 28.4 Å². The summed E-state index contributed by atoms with van der Waals surface area (Å²) < 4.78 is 6.00. The summed E-state index contributed by atoms with van der Waals surface area (Å²) in [6.45, 7) is 6.68. The number of amides is 2. The fourth-order valence-corrected chi connectivity index (χ4v) is 5.25. The number of aryl methyl sites for hydroxylation is 1. The number of aromatic carboxylic acids is 1. The molecule has 4 aromatic rings. The Morgan fingerprint density at radius 3 is 2.49 bits per heavy atom. The number of carboxylic acids is 1. The number of benzene rings is 2. The summed E-state index contributed by atoms with van der Waals surface area (Å²) in [5.74, 6) is -1.42. The summed E-state index contributed by atoms with van der Waals surface area (Å²) in [6, 6.07) is 15.8. The van der Waals surface area contributed by atoms with Crippen molar-refractivity contribution in [3.05, 3.63) is 88.1 Å². The minimum atomic E-state index is -1.31. The molecule has 3 heterocycles. The zero-order valence-corrected chi connectivity index (χ0v) is 22.5. The van der Waals surface area contributed by atoms with Crippen molar-refractivity contribution in [1.82, 2.24) is 10.3 Å². The van der Waals surface area contributed by atoms with Gasteiger partial charge in [0.2, 0.25) is 0 Å². The molecule has 1 aliphatic heterocycles. The van der Waals surface area contributed by atoms with Crippen molar-refractivity contribution in [1.29, 1.82) is 0 Å². The minimum absolute atomic E-state index is 0.0140. The Hall–Kier alpha value is -4.50. The van der Waals surface area contributed by atoms with Crippen LogP contribution in [0.3, 0.4) is 0 Å². The normalized spacial score (nSPS) is 11.8. The Bertz CT molecular complexity index is 1590. The van der Waals surface area contributed by atoms with E-state index in [2.05, 4.69) is 15.6 Å². The molecule has 3 N–H and O–H groups in total. The van der Waals surface area contributed by atoms with Crippen molar-refractivity contribution in [3.8, 4) is 27.3 Å². The van der Waals surface area contributed by atoms with Crippen LogP contribution in [0.25, 0.3) is 21.6 Å². The highest BCUT2D eigenvalue weighted by atomic mass is 32.1. The molecule has 0 radical (unpaired) electrons. The number of nitrogens with one attached hydrogen (secondary N) is 2. The molecule has 0 aliphatic carbocycles. The third kappa shape index (κ3) is 5.39. The summed E-state index contributed by atoms with van der Waals surface area (Å²) in [6.07, 6.45) is 0. The molecular formula is C30H27N3O5S. The predicted octanol–water partition coefficient (Wildman–Crippen LogP) is 6.01. The van der Waals surface area contributed by atoms with E-state index in [4.69, 9.17) is 4.74 Å². The van der Waals surface area contributed by atoms with Crippen LogP contribution in [0.1, 0.15) is 56.3 Å². The SMILES string of the molecule is Cc1ccc(NC(=O)c2cc3c(cc2-c2ccc(C(=O)NCC(C)C)nc2C(=O)O)OCc2ccsc2-3)cc1. The predicted molar refractivity (Wildman–Crippen MR) is 151 cm³/mol. The Labute approximate surface area is 229 Å². The molecule has 9 heteroatoms. The van der Waals surface area contributed by atoms with E-state index in [1.807, 2.05) is 44.4 Å². The number of hydrogen-bond acceptors (Lipinski definition) is 6. The number of hydrogen-bond donors (Lipinski definition) is 3. The van der Waals surface area contributed by atoms with E-state index in [0.29, 0.717) is 30.2 Å². The fraction of sp³-hybridized carbons (Fsp3) is 0.200. The lowest BCUT2D eigenvalue weighted by atomic mass is 9.92. The molecule has 0 bridgehead atoms. The minimum Gasteiger partial charge on any atom is -0.488 e. The lowest BCUT2D eigenvalue weighted by molar-refractivity contribution is 0.0691. The molecule has 5 rings (SSSR count). The van der Waals surface area contributed by atoms with Gasteiger partial charge in [0.05, 0.1) is 0 Å². The number of fused-ring (bicyclic) bond motifs is 3. The van der Waals surface area contributed by atoms with Gasteiger partial charge < -0.3 is 20.5 Å². The van der Waals surface area contributed by atoms with Crippen molar-refractivity contribution in [2.45, 2.75) is 27.4 Å². The lowest BCUT2D eigenvalue weighted by Crippen LogP contribution is -2.28. The third-order valence-electron chi connectivity index (χ3n) is 6.34. The van der Waals surface area contributed by atoms with Crippen LogP contribution in [0.4, 0.5) is 5.69 Å². The van der Waals surface area contributed by atoms with Crippen LogP contribution in [0.2, 0.25) is 0 Å². The molecule has 2 aromatic carbocycles. The quantitative estimate of drug-likeness (QED) is 0.264. The highest BCUT2D eigenvalue weighted by Crippen LogP contribution is 2.44. The first kappa shape index (κ1) is 26.1. The molecule has 198 valence electrons. The molecule has 8 nitrogen and oxygen atoms in total. The van der Waals surface area contributed by atoms with Gasteiger partial charge in [0, 0.05) is 44.9 Å². The molecule has 39 heavy (non-hydrogen) atoms. The summed E-state index contributed by atoms with van der Waals surface area (Å²) in [5.41, 5.74) is 3.92. The van der Waals surface area contributed by atoms with E-state index in [1.165, 1.54) is 12.1 Å². The van der Waals surface area contributed by atoms with Gasteiger partial charge in [0.15, 0.2) is 5.69 Å².